The van der Waals surface area contributed by atoms with Crippen molar-refractivity contribution in [2.75, 3.05) is 90.2 Å². The second kappa shape index (κ2) is 21.2. The average Bonchev–Trinajstić information content (AvgIpc) is 4.14. The molecule has 4 fully saturated rings. The summed E-state index contributed by atoms with van der Waals surface area (Å²) in [5, 5.41) is 6.09. The van der Waals surface area contributed by atoms with Crippen molar-refractivity contribution >= 4 is 35.0 Å². The van der Waals surface area contributed by atoms with Gasteiger partial charge >= 0.3 is 0 Å². The van der Waals surface area contributed by atoms with E-state index in [9.17, 15) is 19.2 Å². The Morgan fingerprint density at radius 1 is 0.552 bits per heavy atom. The number of nitrogens with one attached hydrogen (secondary N) is 2. The van der Waals surface area contributed by atoms with Crippen LogP contribution in [0.4, 0.5) is 11.4 Å². The van der Waals surface area contributed by atoms with Crippen molar-refractivity contribution in [2.45, 2.75) is 62.7 Å². The molecule has 9 rings (SSSR count). The smallest absolute Gasteiger partial charge is 0.244 e. The lowest BCUT2D eigenvalue weighted by atomic mass is 10.0. The van der Waals surface area contributed by atoms with Crippen LogP contribution in [0.5, 0.6) is 0 Å². The Hall–Kier alpha value is -6.19. The van der Waals surface area contributed by atoms with Crippen molar-refractivity contribution in [3.05, 3.63) is 127 Å². The molecule has 0 aliphatic carbocycles. The van der Waals surface area contributed by atoms with Gasteiger partial charge in [-0.25, -0.2) is 4.98 Å². The van der Waals surface area contributed by atoms with E-state index >= 15 is 0 Å². The number of hydrogen-bond acceptors (Lipinski definition) is 10. The number of nitrogens with zero attached hydrogens (tertiary/aromatic N) is 7. The number of oxazole rings is 1. The molecule has 0 saturated carbocycles. The number of piperazine rings is 2. The van der Waals surface area contributed by atoms with Crippen LogP contribution in [-0.2, 0) is 19.2 Å². The van der Waals surface area contributed by atoms with E-state index in [1.54, 1.807) is 6.20 Å². The van der Waals surface area contributed by atoms with Gasteiger partial charge in [0.1, 0.15) is 12.1 Å². The molecule has 4 aromatic carbocycles. The first kappa shape index (κ1) is 45.9. The molecule has 4 saturated heterocycles. The Labute approximate surface area is 393 Å². The molecule has 1 aromatic heterocycles. The van der Waals surface area contributed by atoms with Gasteiger partial charge in [0.25, 0.3) is 0 Å². The van der Waals surface area contributed by atoms with Gasteiger partial charge in [0.05, 0.1) is 6.20 Å². The second-order valence-corrected chi connectivity index (χ2v) is 18.6. The largest absolute Gasteiger partial charge is 0.436 e. The third-order valence-corrected chi connectivity index (χ3v) is 14.0. The van der Waals surface area contributed by atoms with Crippen molar-refractivity contribution in [1.29, 1.82) is 0 Å². The predicted molar refractivity (Wildman–Crippen MR) is 260 cm³/mol. The lowest BCUT2D eigenvalue weighted by Gasteiger charge is -2.39. The molecule has 0 radical (unpaired) electrons. The van der Waals surface area contributed by atoms with Crippen molar-refractivity contribution in [3.8, 4) is 22.8 Å². The SMILES string of the molecule is CN1CCN(C(C(=O)N2CCC[C@H]2CC(=O)Nc2ccc(-c3cnc(-c4ccc(NC(=O)C[C@@H]5CCCN5C(=O)C(c5ccccc5)N5CCN(C)CC5)cc4)o3)cc2)c2ccccc2)CC1. The van der Waals surface area contributed by atoms with E-state index in [-0.39, 0.29) is 60.6 Å². The summed E-state index contributed by atoms with van der Waals surface area (Å²) in [7, 11) is 4.23. The van der Waals surface area contributed by atoms with E-state index in [0.717, 1.165) is 100 Å². The normalized spacial score (nSPS) is 20.7. The monoisotopic (exact) mass is 905 g/mol. The number of anilines is 2. The molecule has 14 heteroatoms. The molecule has 4 aliphatic heterocycles. The number of benzene rings is 4. The number of aromatic nitrogens is 1. The zero-order valence-electron chi connectivity index (χ0n) is 38.8. The Bertz CT molecular complexity index is 2280. The number of rotatable bonds is 14. The van der Waals surface area contributed by atoms with Gasteiger partial charge in [-0.05, 0) is 99.4 Å². The molecule has 0 bridgehead atoms. The summed E-state index contributed by atoms with van der Waals surface area (Å²) in [5.74, 6) is 0.924. The van der Waals surface area contributed by atoms with Gasteiger partial charge in [-0.1, -0.05) is 60.7 Å². The standard InChI is InChI=1S/C53H63N9O5/c1-57-27-31-59(32-28-57)49(39-11-5-3-6-12-39)52(65)61-25-9-15-44(61)35-47(63)55-42-21-17-38(18-22-42)46-37-54-51(67-46)41-19-23-43(24-20-41)56-48(64)36-45-16-10-26-62(45)53(66)50(40-13-7-4-8-14-40)60-33-29-58(2)30-34-60/h3-8,11-14,17-24,37,44-45,49-50H,9-10,15-16,25-36H2,1-2H3,(H,55,63)(H,56,64)/t44-,45-,49?,50?/m0/s1. The van der Waals surface area contributed by atoms with Gasteiger partial charge in [0.15, 0.2) is 5.76 Å². The number of carbonyl (C=O) groups excluding carboxylic acids is 4. The van der Waals surface area contributed by atoms with Gasteiger partial charge in [-0.15, -0.1) is 0 Å². The molecule has 2 N–H and O–H groups in total. The maximum absolute atomic E-state index is 14.3. The first-order chi connectivity index (χ1) is 32.7. The molecule has 350 valence electrons. The Morgan fingerprint density at radius 3 is 1.40 bits per heavy atom. The van der Waals surface area contributed by atoms with Crippen LogP contribution in [0.15, 0.2) is 120 Å². The minimum Gasteiger partial charge on any atom is -0.436 e. The minimum absolute atomic E-state index is 0.0783. The Kier molecular flexibility index (Phi) is 14.5. The number of carbonyl (C=O) groups is 4. The van der Waals surface area contributed by atoms with Crippen LogP contribution < -0.4 is 10.6 Å². The van der Waals surface area contributed by atoms with Gasteiger partial charge < -0.3 is 34.7 Å². The number of likely N-dealkylation sites (N-methyl/N-ethyl adjacent to an activating group) is 2. The Morgan fingerprint density at radius 2 is 0.970 bits per heavy atom. The molecule has 0 spiro atoms. The average molecular weight is 906 g/mol. The van der Waals surface area contributed by atoms with Crippen LogP contribution in [0.3, 0.4) is 0 Å². The summed E-state index contributed by atoms with van der Waals surface area (Å²) < 4.78 is 6.17. The van der Waals surface area contributed by atoms with Crippen molar-refractivity contribution in [3.63, 3.8) is 0 Å². The van der Waals surface area contributed by atoms with Gasteiger partial charge in [-0.3, -0.25) is 29.0 Å². The molecule has 5 heterocycles. The maximum Gasteiger partial charge on any atom is 0.244 e. The molecular formula is C53H63N9O5. The minimum atomic E-state index is -0.362. The van der Waals surface area contributed by atoms with Crippen LogP contribution in [0.1, 0.15) is 61.7 Å². The van der Waals surface area contributed by atoms with Crippen molar-refractivity contribution < 1.29 is 23.6 Å². The molecule has 4 amide bonds. The third kappa shape index (κ3) is 11.0. The first-order valence-electron chi connectivity index (χ1n) is 24.0. The van der Waals surface area contributed by atoms with E-state index in [4.69, 9.17) is 4.42 Å². The topological polar surface area (TPSA) is 138 Å². The van der Waals surface area contributed by atoms with E-state index in [0.29, 0.717) is 36.1 Å². The molecule has 5 aromatic rings. The quantitative estimate of drug-likeness (QED) is 0.125. The van der Waals surface area contributed by atoms with Crippen LogP contribution in [-0.4, -0.2) is 150 Å². The van der Waals surface area contributed by atoms with Gasteiger partial charge in [0.2, 0.25) is 29.5 Å². The highest BCUT2D eigenvalue weighted by Gasteiger charge is 2.40. The third-order valence-electron chi connectivity index (χ3n) is 14.0. The fourth-order valence-electron chi connectivity index (χ4n) is 10.2. The van der Waals surface area contributed by atoms with E-state index in [1.807, 2.05) is 119 Å². The number of hydrogen-bond donors (Lipinski definition) is 2. The number of amides is 4. The summed E-state index contributed by atoms with van der Waals surface area (Å²) in [6.07, 6.45) is 5.48. The van der Waals surface area contributed by atoms with Crippen LogP contribution in [0, 0.1) is 0 Å². The fourth-order valence-corrected chi connectivity index (χ4v) is 10.2. The van der Waals surface area contributed by atoms with E-state index < -0.39 is 0 Å². The van der Waals surface area contributed by atoms with Crippen molar-refractivity contribution in [2.24, 2.45) is 0 Å². The zero-order valence-corrected chi connectivity index (χ0v) is 38.8. The lowest BCUT2D eigenvalue weighted by Crippen LogP contribution is -2.51. The molecule has 4 aliphatic rings. The molecule has 2 unspecified atom stereocenters. The van der Waals surface area contributed by atoms with Crippen LogP contribution in [0.25, 0.3) is 22.8 Å². The molecule has 67 heavy (non-hydrogen) atoms. The summed E-state index contributed by atoms with van der Waals surface area (Å²) in [6, 6.07) is 33.9. The molecule has 14 nitrogen and oxygen atoms in total. The fraction of sp³-hybridized carbons (Fsp3) is 0.415. The second-order valence-electron chi connectivity index (χ2n) is 18.6. The van der Waals surface area contributed by atoms with E-state index in [1.165, 1.54) is 0 Å². The van der Waals surface area contributed by atoms with Gasteiger partial charge in [0, 0.05) is 113 Å². The number of likely N-dealkylation sites (tertiary alicyclic amines) is 2. The van der Waals surface area contributed by atoms with Crippen molar-refractivity contribution in [1.82, 2.24) is 34.4 Å². The highest BCUT2D eigenvalue weighted by Crippen LogP contribution is 2.33. The van der Waals surface area contributed by atoms with Gasteiger partial charge in [-0.2, -0.15) is 0 Å². The zero-order chi connectivity index (χ0) is 46.3. The summed E-state index contributed by atoms with van der Waals surface area (Å²) in [5.41, 5.74) is 4.88. The highest BCUT2D eigenvalue weighted by molar-refractivity contribution is 5.93. The maximum atomic E-state index is 14.3. The highest BCUT2D eigenvalue weighted by atomic mass is 16.4. The lowest BCUT2D eigenvalue weighted by molar-refractivity contribution is -0.140. The molecular weight excluding hydrogens is 843 g/mol. The predicted octanol–water partition coefficient (Wildman–Crippen LogP) is 6.63. The van der Waals surface area contributed by atoms with Crippen LogP contribution in [0.2, 0.25) is 0 Å². The Balaban J connectivity index is 0.769. The van der Waals surface area contributed by atoms with E-state index in [2.05, 4.69) is 49.3 Å². The van der Waals surface area contributed by atoms with Crippen LogP contribution >= 0.6 is 0 Å². The first-order valence-corrected chi connectivity index (χ1v) is 24.0. The summed E-state index contributed by atoms with van der Waals surface area (Å²) in [6.45, 7) is 8.24. The molecule has 4 atom stereocenters. The summed E-state index contributed by atoms with van der Waals surface area (Å²) in [4.78, 5) is 72.9. The summed E-state index contributed by atoms with van der Waals surface area (Å²) >= 11 is 0.